The molecule has 0 aliphatic rings. The van der Waals surface area contributed by atoms with Gasteiger partial charge in [0, 0.05) is 45.5 Å². The Balaban J connectivity index is 2.35. The summed E-state index contributed by atoms with van der Waals surface area (Å²) in [7, 11) is 3.26. The fourth-order valence-electron chi connectivity index (χ4n) is 1.74. The van der Waals surface area contributed by atoms with Crippen molar-refractivity contribution in [3.8, 4) is 0 Å². The lowest BCUT2D eigenvalue weighted by atomic mass is 10.1. The van der Waals surface area contributed by atoms with Crippen LogP contribution >= 0.6 is 0 Å². The van der Waals surface area contributed by atoms with Crippen LogP contribution in [-0.2, 0) is 11.2 Å². The number of nitrogens with one attached hydrogen (secondary N) is 2. The average Bonchev–Trinajstić information content (AvgIpc) is 2.45. The molecular formula is C14H22N4O2. The SMILES string of the molecule is CNC(=O)CCN(C)C(=O)N[C@@H](C)Cc1cccnc1. The number of hydrogen-bond donors (Lipinski definition) is 2. The van der Waals surface area contributed by atoms with Crippen molar-refractivity contribution in [1.29, 1.82) is 0 Å². The first kappa shape index (κ1) is 15.9. The van der Waals surface area contributed by atoms with Crippen LogP contribution in [0.5, 0.6) is 0 Å². The van der Waals surface area contributed by atoms with E-state index < -0.39 is 0 Å². The molecule has 0 saturated heterocycles. The number of hydrogen-bond acceptors (Lipinski definition) is 3. The Labute approximate surface area is 119 Å². The normalized spacial score (nSPS) is 11.6. The molecule has 0 fully saturated rings. The number of carbonyl (C=O) groups is 2. The topological polar surface area (TPSA) is 74.3 Å². The van der Waals surface area contributed by atoms with Gasteiger partial charge in [0.1, 0.15) is 0 Å². The molecule has 0 aliphatic heterocycles. The van der Waals surface area contributed by atoms with Crippen molar-refractivity contribution in [2.24, 2.45) is 0 Å². The van der Waals surface area contributed by atoms with Gasteiger partial charge in [-0.1, -0.05) is 6.07 Å². The van der Waals surface area contributed by atoms with Crippen molar-refractivity contribution < 1.29 is 9.59 Å². The van der Waals surface area contributed by atoms with Crippen molar-refractivity contribution in [1.82, 2.24) is 20.5 Å². The molecule has 0 aromatic carbocycles. The smallest absolute Gasteiger partial charge is 0.317 e. The van der Waals surface area contributed by atoms with Crippen molar-refractivity contribution in [2.45, 2.75) is 25.8 Å². The van der Waals surface area contributed by atoms with E-state index in [2.05, 4.69) is 15.6 Å². The molecule has 20 heavy (non-hydrogen) atoms. The molecule has 6 nitrogen and oxygen atoms in total. The summed E-state index contributed by atoms with van der Waals surface area (Å²) in [6, 6.07) is 3.68. The number of rotatable bonds is 6. The molecule has 1 rings (SSSR count). The molecule has 1 aromatic heterocycles. The van der Waals surface area contributed by atoms with Gasteiger partial charge in [-0.15, -0.1) is 0 Å². The summed E-state index contributed by atoms with van der Waals surface area (Å²) in [5.74, 6) is -0.0759. The fraction of sp³-hybridized carbons (Fsp3) is 0.500. The van der Waals surface area contributed by atoms with Gasteiger partial charge in [0.15, 0.2) is 0 Å². The van der Waals surface area contributed by atoms with E-state index in [1.54, 1.807) is 26.5 Å². The Hall–Kier alpha value is -2.11. The van der Waals surface area contributed by atoms with Gasteiger partial charge >= 0.3 is 6.03 Å². The third kappa shape index (κ3) is 5.69. The Kier molecular flexibility index (Phi) is 6.49. The summed E-state index contributed by atoms with van der Waals surface area (Å²) in [5, 5.41) is 5.43. The van der Waals surface area contributed by atoms with Crippen LogP contribution in [0, 0.1) is 0 Å². The van der Waals surface area contributed by atoms with Crippen LogP contribution in [0.15, 0.2) is 24.5 Å². The lowest BCUT2D eigenvalue weighted by molar-refractivity contribution is -0.120. The number of aromatic nitrogens is 1. The van der Waals surface area contributed by atoms with Gasteiger partial charge in [-0.2, -0.15) is 0 Å². The first-order valence-corrected chi connectivity index (χ1v) is 6.64. The van der Waals surface area contributed by atoms with E-state index in [-0.39, 0.29) is 18.0 Å². The van der Waals surface area contributed by atoms with Crippen LogP contribution in [0.25, 0.3) is 0 Å². The van der Waals surface area contributed by atoms with Gasteiger partial charge in [0.25, 0.3) is 0 Å². The predicted molar refractivity (Wildman–Crippen MR) is 77.2 cm³/mol. The number of carbonyl (C=O) groups excluding carboxylic acids is 2. The third-order valence-corrected chi connectivity index (χ3v) is 2.93. The lowest BCUT2D eigenvalue weighted by Gasteiger charge is -2.21. The second kappa shape index (κ2) is 8.14. The van der Waals surface area contributed by atoms with E-state index in [0.717, 1.165) is 12.0 Å². The highest BCUT2D eigenvalue weighted by atomic mass is 16.2. The highest BCUT2D eigenvalue weighted by Gasteiger charge is 2.13. The van der Waals surface area contributed by atoms with Crippen LogP contribution in [0.4, 0.5) is 4.79 Å². The molecule has 0 bridgehead atoms. The van der Waals surface area contributed by atoms with Gasteiger partial charge < -0.3 is 15.5 Å². The molecule has 0 saturated carbocycles. The molecule has 0 aliphatic carbocycles. The molecule has 3 amide bonds. The zero-order chi connectivity index (χ0) is 15.0. The molecule has 0 unspecified atom stereocenters. The van der Waals surface area contributed by atoms with Crippen molar-refractivity contribution in [3.63, 3.8) is 0 Å². The minimum absolute atomic E-state index is 0.00847. The van der Waals surface area contributed by atoms with Crippen LogP contribution in [0.1, 0.15) is 18.9 Å². The van der Waals surface area contributed by atoms with E-state index in [4.69, 9.17) is 0 Å². The molecular weight excluding hydrogens is 256 g/mol. The number of urea groups is 1. The Morgan fingerprint density at radius 2 is 2.20 bits per heavy atom. The van der Waals surface area contributed by atoms with Gasteiger partial charge in [-0.25, -0.2) is 4.79 Å². The van der Waals surface area contributed by atoms with Gasteiger partial charge in [0.2, 0.25) is 5.91 Å². The lowest BCUT2D eigenvalue weighted by Crippen LogP contribution is -2.43. The monoisotopic (exact) mass is 278 g/mol. The summed E-state index contributed by atoms with van der Waals surface area (Å²) >= 11 is 0. The molecule has 2 N–H and O–H groups in total. The number of nitrogens with zero attached hydrogens (tertiary/aromatic N) is 2. The summed E-state index contributed by atoms with van der Waals surface area (Å²) in [6.45, 7) is 2.34. The van der Waals surface area contributed by atoms with Crippen LogP contribution in [0.2, 0.25) is 0 Å². The molecule has 6 heteroatoms. The number of pyridine rings is 1. The zero-order valence-electron chi connectivity index (χ0n) is 12.2. The van der Waals surface area contributed by atoms with E-state index in [0.29, 0.717) is 13.0 Å². The zero-order valence-corrected chi connectivity index (χ0v) is 12.2. The van der Waals surface area contributed by atoms with E-state index >= 15 is 0 Å². The van der Waals surface area contributed by atoms with Gasteiger partial charge in [0.05, 0.1) is 0 Å². The van der Waals surface area contributed by atoms with Crippen molar-refractivity contribution in [2.75, 3.05) is 20.6 Å². The number of amides is 3. The maximum absolute atomic E-state index is 11.9. The highest BCUT2D eigenvalue weighted by molar-refractivity contribution is 5.78. The average molecular weight is 278 g/mol. The van der Waals surface area contributed by atoms with E-state index in [1.165, 1.54) is 4.90 Å². The van der Waals surface area contributed by atoms with E-state index in [1.807, 2.05) is 19.1 Å². The molecule has 110 valence electrons. The standard InChI is InChI=1S/C14H22N4O2/c1-11(9-12-5-4-7-16-10-12)17-14(20)18(3)8-6-13(19)15-2/h4-5,7,10-11H,6,8-9H2,1-3H3,(H,15,19)(H,17,20)/t11-/m0/s1. The Morgan fingerprint density at radius 3 is 2.80 bits per heavy atom. The third-order valence-electron chi connectivity index (χ3n) is 2.93. The Morgan fingerprint density at radius 1 is 1.45 bits per heavy atom. The quantitative estimate of drug-likeness (QED) is 0.808. The Bertz CT molecular complexity index is 436. The predicted octanol–water partition coefficient (Wildman–Crippen LogP) is 0.790. The summed E-state index contributed by atoms with van der Waals surface area (Å²) in [4.78, 5) is 28.6. The second-order valence-electron chi connectivity index (χ2n) is 4.76. The van der Waals surface area contributed by atoms with Crippen LogP contribution in [-0.4, -0.2) is 48.5 Å². The molecule has 1 heterocycles. The maximum atomic E-state index is 11.9. The van der Waals surface area contributed by atoms with Crippen molar-refractivity contribution >= 4 is 11.9 Å². The highest BCUT2D eigenvalue weighted by Crippen LogP contribution is 2.01. The van der Waals surface area contributed by atoms with Gasteiger partial charge in [-0.3, -0.25) is 9.78 Å². The fourth-order valence-corrected chi connectivity index (χ4v) is 1.74. The molecule has 0 spiro atoms. The largest absolute Gasteiger partial charge is 0.359 e. The maximum Gasteiger partial charge on any atom is 0.317 e. The van der Waals surface area contributed by atoms with Crippen LogP contribution in [0.3, 0.4) is 0 Å². The van der Waals surface area contributed by atoms with Crippen molar-refractivity contribution in [3.05, 3.63) is 30.1 Å². The van der Waals surface area contributed by atoms with Gasteiger partial charge in [-0.05, 0) is 25.0 Å². The second-order valence-corrected chi connectivity index (χ2v) is 4.76. The first-order valence-electron chi connectivity index (χ1n) is 6.64. The summed E-state index contributed by atoms with van der Waals surface area (Å²) < 4.78 is 0. The molecule has 1 aromatic rings. The minimum atomic E-state index is -0.176. The summed E-state index contributed by atoms with van der Waals surface area (Å²) in [6.07, 6.45) is 4.54. The summed E-state index contributed by atoms with van der Waals surface area (Å²) in [5.41, 5.74) is 1.08. The molecule has 0 radical (unpaired) electrons. The molecule has 1 atom stereocenters. The van der Waals surface area contributed by atoms with Crippen LogP contribution < -0.4 is 10.6 Å². The van der Waals surface area contributed by atoms with E-state index in [9.17, 15) is 9.59 Å². The first-order chi connectivity index (χ1) is 9.52. The minimum Gasteiger partial charge on any atom is -0.359 e.